The number of nitrogens with zero attached hydrogens (tertiary/aromatic N) is 1. The first-order valence-corrected chi connectivity index (χ1v) is 4.25. The fourth-order valence-corrected chi connectivity index (χ4v) is 1.49. The molecule has 0 radical (unpaired) electrons. The molecular weight excluding hydrogens is 180 g/mol. The number of hydrogen-bond donors (Lipinski definition) is 1. The van der Waals surface area contributed by atoms with Crippen molar-refractivity contribution in [2.45, 2.75) is 6.92 Å². The smallest absolute Gasteiger partial charge is 0.357 e. The van der Waals surface area contributed by atoms with Crippen LogP contribution in [0.3, 0.4) is 0 Å². The predicted molar refractivity (Wildman–Crippen MR) is 52.2 cm³/mol. The lowest BCUT2D eigenvalue weighted by atomic mass is 10.2. The van der Waals surface area contributed by atoms with E-state index in [2.05, 4.69) is 14.7 Å². The number of ether oxygens (including phenoxy) is 1. The van der Waals surface area contributed by atoms with E-state index >= 15 is 0 Å². The molecule has 2 rings (SSSR count). The van der Waals surface area contributed by atoms with Crippen LogP contribution < -0.4 is 0 Å². The molecule has 2 aromatic heterocycles. The molecule has 0 aliphatic heterocycles. The van der Waals surface area contributed by atoms with Gasteiger partial charge in [0.1, 0.15) is 0 Å². The molecule has 4 heteroatoms. The summed E-state index contributed by atoms with van der Waals surface area (Å²) in [5, 5.41) is 0.833. The number of carbonyl (C=O) groups excluding carboxylic acids is 1. The van der Waals surface area contributed by atoms with Gasteiger partial charge in [-0.1, -0.05) is 0 Å². The Morgan fingerprint density at radius 1 is 1.57 bits per heavy atom. The van der Waals surface area contributed by atoms with Crippen LogP contribution in [0.2, 0.25) is 0 Å². The van der Waals surface area contributed by atoms with Crippen LogP contribution in [0.4, 0.5) is 0 Å². The molecule has 0 saturated carbocycles. The Labute approximate surface area is 80.9 Å². The van der Waals surface area contributed by atoms with Crippen molar-refractivity contribution in [1.29, 1.82) is 0 Å². The molecule has 0 atom stereocenters. The van der Waals surface area contributed by atoms with E-state index in [4.69, 9.17) is 0 Å². The van der Waals surface area contributed by atoms with Crippen molar-refractivity contribution in [3.63, 3.8) is 0 Å². The molecule has 0 amide bonds. The van der Waals surface area contributed by atoms with Gasteiger partial charge >= 0.3 is 5.97 Å². The van der Waals surface area contributed by atoms with E-state index in [1.54, 1.807) is 6.20 Å². The van der Waals surface area contributed by atoms with Gasteiger partial charge < -0.3 is 9.72 Å². The molecule has 0 aliphatic carbocycles. The Morgan fingerprint density at radius 3 is 3.07 bits per heavy atom. The highest BCUT2D eigenvalue weighted by Crippen LogP contribution is 2.20. The number of pyridine rings is 1. The monoisotopic (exact) mass is 190 g/mol. The summed E-state index contributed by atoms with van der Waals surface area (Å²) in [5.74, 6) is -0.404. The average molecular weight is 190 g/mol. The largest absolute Gasteiger partial charge is 0.464 e. The van der Waals surface area contributed by atoms with Gasteiger partial charge in [-0.05, 0) is 18.6 Å². The van der Waals surface area contributed by atoms with E-state index in [-0.39, 0.29) is 0 Å². The molecule has 14 heavy (non-hydrogen) atoms. The minimum atomic E-state index is -0.404. The summed E-state index contributed by atoms with van der Waals surface area (Å²) in [5.41, 5.74) is 2.26. The summed E-state index contributed by atoms with van der Waals surface area (Å²) in [4.78, 5) is 18.5. The van der Waals surface area contributed by atoms with Gasteiger partial charge in [0.05, 0.1) is 7.11 Å². The van der Waals surface area contributed by atoms with Gasteiger partial charge in [-0.3, -0.25) is 0 Å². The van der Waals surface area contributed by atoms with E-state index in [1.807, 2.05) is 19.2 Å². The standard InChI is InChI=1S/C10H10N2O2/c1-6-5-12-7-3-4-11-9(8(6)7)10(13)14-2/h3-5,12H,1-2H3. The number of fused-ring (bicyclic) bond motifs is 1. The molecule has 4 nitrogen and oxygen atoms in total. The lowest BCUT2D eigenvalue weighted by Gasteiger charge is -2.00. The van der Waals surface area contributed by atoms with E-state index < -0.39 is 5.97 Å². The molecular formula is C10H10N2O2. The molecule has 2 heterocycles. The van der Waals surface area contributed by atoms with Crippen LogP contribution in [-0.4, -0.2) is 23.0 Å². The first kappa shape index (κ1) is 8.74. The quantitative estimate of drug-likeness (QED) is 0.696. The number of H-pyrrole nitrogens is 1. The lowest BCUT2D eigenvalue weighted by molar-refractivity contribution is 0.0596. The highest BCUT2D eigenvalue weighted by Gasteiger charge is 2.14. The maximum atomic E-state index is 11.4. The number of hydrogen-bond acceptors (Lipinski definition) is 3. The molecule has 0 unspecified atom stereocenters. The summed E-state index contributed by atoms with van der Waals surface area (Å²) in [6.45, 7) is 1.92. The maximum absolute atomic E-state index is 11.4. The third kappa shape index (κ3) is 1.16. The van der Waals surface area contributed by atoms with Crippen LogP contribution in [0.25, 0.3) is 10.9 Å². The van der Waals surface area contributed by atoms with E-state index in [0.29, 0.717) is 5.69 Å². The summed E-state index contributed by atoms with van der Waals surface area (Å²) in [7, 11) is 1.35. The molecule has 72 valence electrons. The van der Waals surface area contributed by atoms with Gasteiger partial charge in [-0.25, -0.2) is 9.78 Å². The number of aromatic amines is 1. The third-order valence-corrected chi connectivity index (χ3v) is 2.17. The molecule has 1 N–H and O–H groups in total. The lowest BCUT2D eigenvalue weighted by Crippen LogP contribution is -2.04. The van der Waals surface area contributed by atoms with Crippen LogP contribution >= 0.6 is 0 Å². The molecule has 0 aliphatic rings. The summed E-state index contributed by atoms with van der Waals surface area (Å²) >= 11 is 0. The number of aryl methyl sites for hydroxylation is 1. The maximum Gasteiger partial charge on any atom is 0.357 e. The zero-order valence-corrected chi connectivity index (χ0v) is 8.00. The Morgan fingerprint density at radius 2 is 2.36 bits per heavy atom. The Hall–Kier alpha value is -1.84. The predicted octanol–water partition coefficient (Wildman–Crippen LogP) is 1.66. The highest BCUT2D eigenvalue weighted by molar-refractivity contribution is 6.03. The minimum absolute atomic E-state index is 0.365. The Kier molecular flexibility index (Phi) is 1.96. The summed E-state index contributed by atoms with van der Waals surface area (Å²) in [6, 6.07) is 1.83. The molecule has 0 aromatic carbocycles. The van der Waals surface area contributed by atoms with Gasteiger partial charge in [0.25, 0.3) is 0 Å². The number of esters is 1. The van der Waals surface area contributed by atoms with Gasteiger partial charge in [0.15, 0.2) is 5.69 Å². The second-order valence-electron chi connectivity index (χ2n) is 3.05. The number of carbonyl (C=O) groups is 1. The van der Waals surface area contributed by atoms with Crippen molar-refractivity contribution in [2.24, 2.45) is 0 Å². The molecule has 0 saturated heterocycles. The molecule has 0 bridgehead atoms. The van der Waals surface area contributed by atoms with Crippen LogP contribution in [0.1, 0.15) is 16.1 Å². The summed E-state index contributed by atoms with van der Waals surface area (Å²) in [6.07, 6.45) is 3.43. The number of methoxy groups -OCH3 is 1. The van der Waals surface area contributed by atoms with Crippen molar-refractivity contribution in [3.05, 3.63) is 29.7 Å². The zero-order valence-electron chi connectivity index (χ0n) is 8.00. The SMILES string of the molecule is COC(=O)c1nccc2[nH]cc(C)c12. The fraction of sp³-hybridized carbons (Fsp3) is 0.200. The highest BCUT2D eigenvalue weighted by atomic mass is 16.5. The van der Waals surface area contributed by atoms with E-state index in [1.165, 1.54) is 7.11 Å². The van der Waals surface area contributed by atoms with Crippen molar-refractivity contribution in [3.8, 4) is 0 Å². The van der Waals surface area contributed by atoms with E-state index in [9.17, 15) is 4.79 Å². The zero-order chi connectivity index (χ0) is 10.1. The van der Waals surface area contributed by atoms with Crippen molar-refractivity contribution in [1.82, 2.24) is 9.97 Å². The molecule has 0 fully saturated rings. The third-order valence-electron chi connectivity index (χ3n) is 2.17. The topological polar surface area (TPSA) is 55.0 Å². The van der Waals surface area contributed by atoms with Crippen molar-refractivity contribution < 1.29 is 9.53 Å². The molecule has 2 aromatic rings. The minimum Gasteiger partial charge on any atom is -0.464 e. The number of aromatic nitrogens is 2. The van der Waals surface area contributed by atoms with Gasteiger partial charge in [0.2, 0.25) is 0 Å². The van der Waals surface area contributed by atoms with Crippen molar-refractivity contribution >= 4 is 16.9 Å². The van der Waals surface area contributed by atoms with Gasteiger partial charge in [-0.15, -0.1) is 0 Å². The second-order valence-corrected chi connectivity index (χ2v) is 3.05. The Balaban J connectivity index is 2.75. The first-order valence-electron chi connectivity index (χ1n) is 4.25. The second kappa shape index (κ2) is 3.14. The van der Waals surface area contributed by atoms with Gasteiger partial charge in [-0.2, -0.15) is 0 Å². The van der Waals surface area contributed by atoms with Gasteiger partial charge in [0, 0.05) is 23.3 Å². The fourth-order valence-electron chi connectivity index (χ4n) is 1.49. The normalized spacial score (nSPS) is 10.4. The van der Waals surface area contributed by atoms with Crippen LogP contribution in [0.15, 0.2) is 18.5 Å². The molecule has 0 spiro atoms. The van der Waals surface area contributed by atoms with Crippen LogP contribution in [0, 0.1) is 6.92 Å². The average Bonchev–Trinajstić information content (AvgIpc) is 2.59. The number of nitrogens with one attached hydrogen (secondary N) is 1. The van der Waals surface area contributed by atoms with E-state index in [0.717, 1.165) is 16.5 Å². The first-order chi connectivity index (χ1) is 6.74. The van der Waals surface area contributed by atoms with Crippen LogP contribution in [-0.2, 0) is 4.74 Å². The number of rotatable bonds is 1. The Bertz CT molecular complexity index is 488. The van der Waals surface area contributed by atoms with Crippen molar-refractivity contribution in [2.75, 3.05) is 7.11 Å². The summed E-state index contributed by atoms with van der Waals surface area (Å²) < 4.78 is 4.65. The van der Waals surface area contributed by atoms with Crippen LogP contribution in [0.5, 0.6) is 0 Å².